The molecule has 0 saturated carbocycles. The van der Waals surface area contributed by atoms with Crippen LogP contribution in [0.1, 0.15) is 31.0 Å². The smallest absolute Gasteiger partial charge is 0.320 e. The lowest BCUT2D eigenvalue weighted by atomic mass is 9.93. The third-order valence-electron chi connectivity index (χ3n) is 4.83. The molecule has 10 heteroatoms. The first-order valence-corrected chi connectivity index (χ1v) is 9.52. The second kappa shape index (κ2) is 8.74. The monoisotopic (exact) mass is 426 g/mol. The van der Waals surface area contributed by atoms with Gasteiger partial charge in [-0.15, -0.1) is 0 Å². The number of hydrogen-bond acceptors (Lipinski definition) is 6. The van der Waals surface area contributed by atoms with Crippen molar-refractivity contribution in [1.82, 2.24) is 10.6 Å². The van der Waals surface area contributed by atoms with E-state index in [-0.39, 0.29) is 29.2 Å². The van der Waals surface area contributed by atoms with Crippen molar-refractivity contribution in [1.29, 1.82) is 0 Å². The Labute approximate surface area is 178 Å². The van der Waals surface area contributed by atoms with Gasteiger partial charge in [-0.2, -0.15) is 0 Å². The lowest BCUT2D eigenvalue weighted by Crippen LogP contribution is -2.46. The minimum Gasteiger partial charge on any atom is -0.504 e. The number of nitrogens with one attached hydrogen (secondary N) is 3. The number of amides is 3. The maximum Gasteiger partial charge on any atom is 0.320 e. The summed E-state index contributed by atoms with van der Waals surface area (Å²) in [7, 11) is 0. The van der Waals surface area contributed by atoms with Crippen molar-refractivity contribution in [3.63, 3.8) is 0 Å². The molecule has 0 bridgehead atoms. The van der Waals surface area contributed by atoms with Crippen molar-refractivity contribution in [2.24, 2.45) is 0 Å². The highest BCUT2D eigenvalue weighted by Gasteiger charge is 2.37. The number of urea groups is 1. The highest BCUT2D eigenvalue weighted by Crippen LogP contribution is 2.43. The van der Waals surface area contributed by atoms with Crippen LogP contribution in [-0.2, 0) is 4.79 Å². The minimum absolute atomic E-state index is 0.00961. The van der Waals surface area contributed by atoms with E-state index < -0.39 is 34.3 Å². The quantitative estimate of drug-likeness (QED) is 0.412. The first-order valence-electron chi connectivity index (χ1n) is 9.52. The van der Waals surface area contributed by atoms with Crippen LogP contribution >= 0.6 is 0 Å². The Morgan fingerprint density at radius 2 is 1.97 bits per heavy atom. The van der Waals surface area contributed by atoms with Crippen LogP contribution in [0.15, 0.2) is 47.7 Å². The summed E-state index contributed by atoms with van der Waals surface area (Å²) in [5, 5.41) is 29.8. The second-order valence-electron chi connectivity index (χ2n) is 6.88. The SMILES string of the molecule is CCOc1c(O)ccc(C2NC(=O)NC(C)=C2C(=O)Nc2ccccc2C)c1[N+](=O)[O-]. The van der Waals surface area contributed by atoms with E-state index in [1.807, 2.05) is 19.1 Å². The molecule has 2 aromatic rings. The van der Waals surface area contributed by atoms with E-state index in [9.17, 15) is 24.8 Å². The third-order valence-corrected chi connectivity index (χ3v) is 4.83. The van der Waals surface area contributed by atoms with E-state index in [1.165, 1.54) is 19.1 Å². The van der Waals surface area contributed by atoms with Crippen LogP contribution in [-0.4, -0.2) is 28.6 Å². The number of carbonyl (C=O) groups excluding carboxylic acids is 2. The van der Waals surface area contributed by atoms with Gasteiger partial charge in [0.15, 0.2) is 5.75 Å². The van der Waals surface area contributed by atoms with Crippen molar-refractivity contribution in [3.05, 3.63) is 68.9 Å². The number of nitro benzene ring substituents is 1. The van der Waals surface area contributed by atoms with Crippen molar-refractivity contribution in [2.45, 2.75) is 26.8 Å². The zero-order chi connectivity index (χ0) is 22.7. The molecule has 1 aliphatic heterocycles. The lowest BCUT2D eigenvalue weighted by molar-refractivity contribution is -0.386. The molecule has 0 aliphatic carbocycles. The molecule has 0 saturated heterocycles. The largest absolute Gasteiger partial charge is 0.504 e. The van der Waals surface area contributed by atoms with Crippen LogP contribution in [0, 0.1) is 17.0 Å². The summed E-state index contributed by atoms with van der Waals surface area (Å²) < 4.78 is 5.28. The summed E-state index contributed by atoms with van der Waals surface area (Å²) in [5.74, 6) is -1.28. The summed E-state index contributed by atoms with van der Waals surface area (Å²) >= 11 is 0. The molecule has 3 rings (SSSR count). The number of nitrogens with zero attached hydrogens (tertiary/aromatic N) is 1. The number of para-hydroxylation sites is 1. The van der Waals surface area contributed by atoms with Gasteiger partial charge in [0.05, 0.1) is 28.7 Å². The number of ether oxygens (including phenoxy) is 1. The molecule has 0 spiro atoms. The lowest BCUT2D eigenvalue weighted by Gasteiger charge is -2.29. The van der Waals surface area contributed by atoms with Crippen LogP contribution in [0.2, 0.25) is 0 Å². The number of allylic oxidation sites excluding steroid dienone is 1. The van der Waals surface area contributed by atoms with Gasteiger partial charge in [0.1, 0.15) is 0 Å². The van der Waals surface area contributed by atoms with E-state index >= 15 is 0 Å². The summed E-state index contributed by atoms with van der Waals surface area (Å²) in [5.41, 5.74) is 1.23. The number of carbonyl (C=O) groups is 2. The average molecular weight is 426 g/mol. The van der Waals surface area contributed by atoms with E-state index in [4.69, 9.17) is 4.74 Å². The van der Waals surface area contributed by atoms with Crippen LogP contribution in [0.25, 0.3) is 0 Å². The van der Waals surface area contributed by atoms with Crippen LogP contribution in [0.3, 0.4) is 0 Å². The zero-order valence-corrected chi connectivity index (χ0v) is 17.2. The molecule has 3 amide bonds. The number of hydrogen-bond donors (Lipinski definition) is 4. The van der Waals surface area contributed by atoms with Gasteiger partial charge >= 0.3 is 11.7 Å². The van der Waals surface area contributed by atoms with Gasteiger partial charge in [-0.3, -0.25) is 14.9 Å². The second-order valence-corrected chi connectivity index (χ2v) is 6.88. The molecular weight excluding hydrogens is 404 g/mol. The Morgan fingerprint density at radius 1 is 1.26 bits per heavy atom. The van der Waals surface area contributed by atoms with Gasteiger partial charge in [0.25, 0.3) is 5.91 Å². The molecule has 0 fully saturated rings. The predicted octanol–water partition coefficient (Wildman–Crippen LogP) is 3.27. The van der Waals surface area contributed by atoms with Gasteiger partial charge in [-0.1, -0.05) is 18.2 Å². The molecule has 1 atom stereocenters. The fourth-order valence-electron chi connectivity index (χ4n) is 3.41. The first kappa shape index (κ1) is 21.6. The number of phenolic OH excluding ortho intramolecular Hbond substituents is 1. The highest BCUT2D eigenvalue weighted by atomic mass is 16.6. The zero-order valence-electron chi connectivity index (χ0n) is 17.2. The predicted molar refractivity (Wildman–Crippen MR) is 113 cm³/mol. The number of benzene rings is 2. The number of aromatic hydroxyl groups is 1. The molecule has 31 heavy (non-hydrogen) atoms. The molecule has 0 aromatic heterocycles. The summed E-state index contributed by atoms with van der Waals surface area (Å²) in [4.78, 5) is 36.5. The average Bonchev–Trinajstić information content (AvgIpc) is 2.70. The van der Waals surface area contributed by atoms with Gasteiger partial charge in [0, 0.05) is 11.4 Å². The van der Waals surface area contributed by atoms with Gasteiger partial charge in [-0.25, -0.2) is 4.79 Å². The molecule has 1 aliphatic rings. The number of rotatable bonds is 6. The number of aryl methyl sites for hydroxylation is 1. The molecule has 2 aromatic carbocycles. The Hall–Kier alpha value is -4.08. The highest BCUT2D eigenvalue weighted by molar-refractivity contribution is 6.07. The molecule has 1 unspecified atom stereocenters. The van der Waals surface area contributed by atoms with Crippen molar-refractivity contribution in [2.75, 3.05) is 11.9 Å². The van der Waals surface area contributed by atoms with Crippen molar-refractivity contribution < 1.29 is 24.4 Å². The first-order chi connectivity index (χ1) is 14.7. The maximum absolute atomic E-state index is 13.2. The summed E-state index contributed by atoms with van der Waals surface area (Å²) in [6, 6.07) is 7.91. The topological polar surface area (TPSA) is 143 Å². The number of phenols is 1. The van der Waals surface area contributed by atoms with E-state index in [0.717, 1.165) is 5.56 Å². The Balaban J connectivity index is 2.12. The molecule has 1 heterocycles. The number of nitro groups is 1. The molecule has 4 N–H and O–H groups in total. The standard InChI is InChI=1S/C21H22N4O6/c1-4-31-19-15(26)10-9-13(18(19)25(29)30)17-16(12(3)22-21(28)24-17)20(27)23-14-8-6-5-7-11(14)2/h5-10,17,26H,4H2,1-3H3,(H,23,27)(H2,22,24,28). The molecule has 0 radical (unpaired) electrons. The normalized spacial score (nSPS) is 15.7. The van der Waals surface area contributed by atoms with Crippen molar-refractivity contribution in [3.8, 4) is 11.5 Å². The fraction of sp³-hybridized carbons (Fsp3) is 0.238. The molecular formula is C21H22N4O6. The molecule has 162 valence electrons. The Kier molecular flexibility index (Phi) is 6.10. The fourth-order valence-corrected chi connectivity index (χ4v) is 3.41. The summed E-state index contributed by atoms with van der Waals surface area (Å²) in [6.45, 7) is 5.06. The van der Waals surface area contributed by atoms with Crippen LogP contribution in [0.5, 0.6) is 11.5 Å². The number of anilines is 1. The van der Waals surface area contributed by atoms with E-state index in [0.29, 0.717) is 5.69 Å². The summed E-state index contributed by atoms with van der Waals surface area (Å²) in [6.07, 6.45) is 0. The maximum atomic E-state index is 13.2. The van der Waals surface area contributed by atoms with Crippen LogP contribution < -0.4 is 20.7 Å². The third kappa shape index (κ3) is 4.27. The van der Waals surface area contributed by atoms with E-state index in [2.05, 4.69) is 16.0 Å². The van der Waals surface area contributed by atoms with E-state index in [1.54, 1.807) is 19.1 Å². The minimum atomic E-state index is -1.14. The van der Waals surface area contributed by atoms with Gasteiger partial charge < -0.3 is 25.8 Å². The Bertz CT molecular complexity index is 1100. The molecule has 10 nitrogen and oxygen atoms in total. The van der Waals surface area contributed by atoms with Gasteiger partial charge in [0.2, 0.25) is 5.75 Å². The van der Waals surface area contributed by atoms with Crippen molar-refractivity contribution >= 4 is 23.3 Å². The van der Waals surface area contributed by atoms with Gasteiger partial charge in [-0.05, 0) is 44.5 Å². The van der Waals surface area contributed by atoms with Crippen LogP contribution in [0.4, 0.5) is 16.2 Å². The Morgan fingerprint density at radius 3 is 2.61 bits per heavy atom.